The summed E-state index contributed by atoms with van der Waals surface area (Å²) >= 11 is 0. The maximum Gasteiger partial charge on any atom is 0.200 e. The second-order valence-electron chi connectivity index (χ2n) is 4.32. The molecular formula is C9H17N3O. The van der Waals surface area contributed by atoms with Gasteiger partial charge < -0.3 is 15.4 Å². The van der Waals surface area contributed by atoms with Gasteiger partial charge in [-0.25, -0.2) is 4.98 Å². The van der Waals surface area contributed by atoms with Gasteiger partial charge in [0.2, 0.25) is 0 Å². The third-order valence-electron chi connectivity index (χ3n) is 2.12. The van der Waals surface area contributed by atoms with E-state index in [4.69, 9.17) is 5.73 Å². The first-order chi connectivity index (χ1) is 5.91. The van der Waals surface area contributed by atoms with E-state index in [1.165, 1.54) is 0 Å². The number of imidazole rings is 1. The van der Waals surface area contributed by atoms with E-state index in [9.17, 15) is 5.11 Å². The maximum atomic E-state index is 9.78. The van der Waals surface area contributed by atoms with E-state index in [-0.39, 0.29) is 5.41 Å². The van der Waals surface area contributed by atoms with Crippen molar-refractivity contribution in [1.82, 2.24) is 9.55 Å². The maximum absolute atomic E-state index is 9.78. The predicted octanol–water partition coefficient (Wildman–Crippen LogP) is 0.872. The lowest BCUT2D eigenvalue weighted by molar-refractivity contribution is 0.0486. The summed E-state index contributed by atoms with van der Waals surface area (Å²) in [6.45, 7) is 6.47. The molecule has 0 fully saturated rings. The van der Waals surface area contributed by atoms with Crippen LogP contribution in [0.4, 0.5) is 5.95 Å². The van der Waals surface area contributed by atoms with Crippen LogP contribution in [-0.2, 0) is 6.54 Å². The number of rotatable bonds is 2. The van der Waals surface area contributed by atoms with E-state index < -0.39 is 6.10 Å². The average molecular weight is 183 g/mol. The van der Waals surface area contributed by atoms with E-state index in [1.807, 2.05) is 20.8 Å². The van der Waals surface area contributed by atoms with Crippen molar-refractivity contribution in [3.63, 3.8) is 0 Å². The van der Waals surface area contributed by atoms with Crippen molar-refractivity contribution < 1.29 is 5.11 Å². The molecule has 0 bridgehead atoms. The Kier molecular flexibility index (Phi) is 2.61. The van der Waals surface area contributed by atoms with Crippen molar-refractivity contribution in [3.05, 3.63) is 12.4 Å². The second-order valence-corrected chi connectivity index (χ2v) is 4.32. The molecule has 0 radical (unpaired) electrons. The van der Waals surface area contributed by atoms with Gasteiger partial charge >= 0.3 is 0 Å². The van der Waals surface area contributed by atoms with Gasteiger partial charge in [-0.3, -0.25) is 0 Å². The van der Waals surface area contributed by atoms with Gasteiger partial charge in [0.05, 0.1) is 12.6 Å². The molecule has 74 valence electrons. The van der Waals surface area contributed by atoms with Gasteiger partial charge in [0, 0.05) is 12.4 Å². The molecule has 4 nitrogen and oxygen atoms in total. The monoisotopic (exact) mass is 183 g/mol. The first-order valence-electron chi connectivity index (χ1n) is 4.36. The third kappa shape index (κ3) is 2.45. The SMILES string of the molecule is CC(C)(C)C(O)Cn1ccnc1N. The Labute approximate surface area is 78.4 Å². The van der Waals surface area contributed by atoms with Gasteiger partial charge in [0.1, 0.15) is 0 Å². The molecule has 0 aromatic carbocycles. The number of aliphatic hydroxyl groups is 1. The Morgan fingerprint density at radius 1 is 1.62 bits per heavy atom. The van der Waals surface area contributed by atoms with Crippen molar-refractivity contribution in [3.8, 4) is 0 Å². The predicted molar refractivity (Wildman–Crippen MR) is 52.1 cm³/mol. The van der Waals surface area contributed by atoms with Gasteiger partial charge in [-0.1, -0.05) is 20.8 Å². The van der Waals surface area contributed by atoms with Crippen molar-refractivity contribution >= 4 is 5.95 Å². The second kappa shape index (κ2) is 3.38. The van der Waals surface area contributed by atoms with Crippen LogP contribution in [0, 0.1) is 5.41 Å². The Bertz CT molecular complexity index is 275. The van der Waals surface area contributed by atoms with E-state index in [0.29, 0.717) is 12.5 Å². The number of nitrogens with two attached hydrogens (primary N) is 1. The highest BCUT2D eigenvalue weighted by atomic mass is 16.3. The number of nitrogens with zero attached hydrogens (tertiary/aromatic N) is 2. The number of aliphatic hydroxyl groups excluding tert-OH is 1. The minimum absolute atomic E-state index is 0.128. The van der Waals surface area contributed by atoms with Crippen LogP contribution in [0.5, 0.6) is 0 Å². The lowest BCUT2D eigenvalue weighted by Gasteiger charge is -2.26. The van der Waals surface area contributed by atoms with Crippen LogP contribution >= 0.6 is 0 Å². The van der Waals surface area contributed by atoms with E-state index >= 15 is 0 Å². The zero-order valence-corrected chi connectivity index (χ0v) is 8.36. The van der Waals surface area contributed by atoms with Crippen molar-refractivity contribution in [2.45, 2.75) is 33.4 Å². The van der Waals surface area contributed by atoms with Crippen LogP contribution in [0.3, 0.4) is 0 Å². The van der Waals surface area contributed by atoms with E-state index in [1.54, 1.807) is 17.0 Å². The van der Waals surface area contributed by atoms with Crippen molar-refractivity contribution in [2.24, 2.45) is 5.41 Å². The van der Waals surface area contributed by atoms with Crippen LogP contribution < -0.4 is 5.73 Å². The molecule has 1 aromatic rings. The number of aromatic nitrogens is 2. The molecule has 0 spiro atoms. The lowest BCUT2D eigenvalue weighted by Crippen LogP contribution is -2.30. The Hall–Kier alpha value is -1.03. The lowest BCUT2D eigenvalue weighted by atomic mass is 9.89. The molecule has 1 heterocycles. The van der Waals surface area contributed by atoms with Gasteiger partial charge in [-0.15, -0.1) is 0 Å². The fourth-order valence-electron chi connectivity index (χ4n) is 0.955. The number of hydrogen-bond acceptors (Lipinski definition) is 3. The van der Waals surface area contributed by atoms with Crippen molar-refractivity contribution in [1.29, 1.82) is 0 Å². The first kappa shape index (κ1) is 10.1. The zero-order valence-electron chi connectivity index (χ0n) is 8.36. The highest BCUT2D eigenvalue weighted by Crippen LogP contribution is 2.20. The Morgan fingerprint density at radius 2 is 2.23 bits per heavy atom. The van der Waals surface area contributed by atoms with Gasteiger partial charge in [-0.05, 0) is 5.41 Å². The van der Waals surface area contributed by atoms with Gasteiger partial charge in [0.15, 0.2) is 5.95 Å². The smallest absolute Gasteiger partial charge is 0.200 e. The minimum atomic E-state index is -0.413. The molecule has 0 saturated heterocycles. The molecule has 0 aliphatic rings. The molecule has 1 aromatic heterocycles. The molecule has 1 atom stereocenters. The number of anilines is 1. The van der Waals surface area contributed by atoms with E-state index in [2.05, 4.69) is 4.98 Å². The zero-order chi connectivity index (χ0) is 10.1. The summed E-state index contributed by atoms with van der Waals surface area (Å²) in [6.07, 6.45) is 2.98. The molecule has 0 saturated carbocycles. The quantitative estimate of drug-likeness (QED) is 0.715. The minimum Gasteiger partial charge on any atom is -0.391 e. The molecule has 0 aliphatic heterocycles. The van der Waals surface area contributed by atoms with Crippen LogP contribution in [0.25, 0.3) is 0 Å². The summed E-state index contributed by atoms with van der Waals surface area (Å²) < 4.78 is 1.75. The highest BCUT2D eigenvalue weighted by Gasteiger charge is 2.22. The summed E-state index contributed by atoms with van der Waals surface area (Å²) in [5.41, 5.74) is 5.44. The topological polar surface area (TPSA) is 64.1 Å². The standard InChI is InChI=1S/C9H17N3O/c1-9(2,3)7(13)6-12-5-4-11-8(12)10/h4-5,7,13H,6H2,1-3H3,(H2,10,11). The summed E-state index contributed by atoms with van der Waals surface area (Å²) in [4.78, 5) is 3.88. The molecule has 1 unspecified atom stereocenters. The molecule has 3 N–H and O–H groups in total. The molecule has 13 heavy (non-hydrogen) atoms. The van der Waals surface area contributed by atoms with Gasteiger partial charge in [0.25, 0.3) is 0 Å². The Balaban J connectivity index is 2.65. The fourth-order valence-corrected chi connectivity index (χ4v) is 0.955. The number of hydrogen-bond donors (Lipinski definition) is 2. The Morgan fingerprint density at radius 3 is 2.62 bits per heavy atom. The average Bonchev–Trinajstić information content (AvgIpc) is 2.34. The highest BCUT2D eigenvalue weighted by molar-refractivity contribution is 5.16. The molecular weight excluding hydrogens is 166 g/mol. The molecule has 1 rings (SSSR count). The summed E-state index contributed by atoms with van der Waals surface area (Å²) in [6, 6.07) is 0. The largest absolute Gasteiger partial charge is 0.391 e. The van der Waals surface area contributed by atoms with E-state index in [0.717, 1.165) is 0 Å². The van der Waals surface area contributed by atoms with Crippen LogP contribution in [-0.4, -0.2) is 20.8 Å². The van der Waals surface area contributed by atoms with Crippen LogP contribution in [0.15, 0.2) is 12.4 Å². The molecule has 0 amide bonds. The summed E-state index contributed by atoms with van der Waals surface area (Å²) in [5, 5.41) is 9.78. The first-order valence-corrected chi connectivity index (χ1v) is 4.36. The third-order valence-corrected chi connectivity index (χ3v) is 2.12. The molecule has 4 heteroatoms. The van der Waals surface area contributed by atoms with Crippen LogP contribution in [0.2, 0.25) is 0 Å². The summed E-state index contributed by atoms with van der Waals surface area (Å²) in [5.74, 6) is 0.448. The number of nitrogen functional groups attached to an aromatic ring is 1. The molecule has 0 aliphatic carbocycles. The summed E-state index contributed by atoms with van der Waals surface area (Å²) in [7, 11) is 0. The van der Waals surface area contributed by atoms with Crippen LogP contribution in [0.1, 0.15) is 20.8 Å². The van der Waals surface area contributed by atoms with Gasteiger partial charge in [-0.2, -0.15) is 0 Å². The fraction of sp³-hybridized carbons (Fsp3) is 0.667. The normalized spacial score (nSPS) is 14.5. The van der Waals surface area contributed by atoms with Crippen molar-refractivity contribution in [2.75, 3.05) is 5.73 Å².